The molecule has 2 N–H and O–H groups in total. The first-order chi connectivity index (χ1) is 16.9. The maximum atomic E-state index is 13.0. The molecule has 0 aliphatic rings. The van der Waals surface area contributed by atoms with Crippen molar-refractivity contribution in [1.82, 2.24) is 29.2 Å². The number of amides is 1. The first-order valence-corrected chi connectivity index (χ1v) is 11.8. The summed E-state index contributed by atoms with van der Waals surface area (Å²) in [5.74, 6) is 0.772. The van der Waals surface area contributed by atoms with Gasteiger partial charge in [0.25, 0.3) is 11.4 Å². The Bertz CT molecular complexity index is 1450. The third-order valence-electron chi connectivity index (χ3n) is 5.52. The molecular formula is C23H26ClN7O4. The molecule has 0 spiro atoms. The van der Waals surface area contributed by atoms with Crippen LogP contribution in [0.5, 0.6) is 0 Å². The van der Waals surface area contributed by atoms with Crippen molar-refractivity contribution in [3.8, 4) is 11.5 Å². The zero-order valence-corrected chi connectivity index (χ0v) is 20.3. The number of fused-ring (bicyclic) bond motifs is 1. The maximum Gasteiger partial charge on any atom is 0.332 e. The van der Waals surface area contributed by atoms with Crippen LogP contribution in [0.1, 0.15) is 45.4 Å². The molecule has 3 aromatic heterocycles. The smallest absolute Gasteiger partial charge is 0.332 e. The zero-order valence-electron chi connectivity index (χ0n) is 19.5. The second-order valence-corrected chi connectivity index (χ2v) is 8.56. The summed E-state index contributed by atoms with van der Waals surface area (Å²) < 4.78 is 8.08. The van der Waals surface area contributed by atoms with Crippen LogP contribution in [0.15, 0.2) is 38.4 Å². The fourth-order valence-corrected chi connectivity index (χ4v) is 3.95. The van der Waals surface area contributed by atoms with Gasteiger partial charge in [-0.15, -0.1) is 0 Å². The van der Waals surface area contributed by atoms with Gasteiger partial charge in [0.1, 0.15) is 0 Å². The lowest BCUT2D eigenvalue weighted by atomic mass is 10.2. The van der Waals surface area contributed by atoms with E-state index in [0.29, 0.717) is 48.9 Å². The van der Waals surface area contributed by atoms with E-state index in [0.717, 1.165) is 18.4 Å². The maximum absolute atomic E-state index is 13.0. The molecule has 12 heteroatoms. The number of carbonyl (C=O) groups excluding carboxylic acids is 1. The molecule has 4 rings (SSSR count). The van der Waals surface area contributed by atoms with Crippen LogP contribution in [0.25, 0.3) is 22.6 Å². The van der Waals surface area contributed by atoms with Gasteiger partial charge >= 0.3 is 5.69 Å². The van der Waals surface area contributed by atoms with Gasteiger partial charge in [-0.05, 0) is 55.1 Å². The molecule has 0 radical (unpaired) electrons. The average molecular weight is 500 g/mol. The van der Waals surface area contributed by atoms with Crippen LogP contribution in [0.2, 0.25) is 5.28 Å². The summed E-state index contributed by atoms with van der Waals surface area (Å²) in [4.78, 5) is 48.3. The number of unbranched alkanes of at least 4 members (excludes halogenated alkanes) is 2. The van der Waals surface area contributed by atoms with Gasteiger partial charge in [0.15, 0.2) is 17.0 Å². The predicted octanol–water partition coefficient (Wildman–Crippen LogP) is 3.37. The minimum absolute atomic E-state index is 0.0807. The second-order valence-electron chi connectivity index (χ2n) is 8.20. The summed E-state index contributed by atoms with van der Waals surface area (Å²) in [7, 11) is 0. The number of aromatic nitrogens is 6. The molecule has 3 heterocycles. The van der Waals surface area contributed by atoms with Crippen molar-refractivity contribution in [3.05, 3.63) is 56.2 Å². The Hall–Kier alpha value is -3.73. The number of aromatic amines is 1. The van der Waals surface area contributed by atoms with Gasteiger partial charge in [-0.25, -0.2) is 4.79 Å². The molecular weight excluding hydrogens is 474 g/mol. The van der Waals surface area contributed by atoms with Gasteiger partial charge in [0, 0.05) is 37.7 Å². The van der Waals surface area contributed by atoms with Crippen LogP contribution in [-0.2, 0) is 24.3 Å². The van der Waals surface area contributed by atoms with Crippen LogP contribution in [0, 0.1) is 0 Å². The zero-order chi connectivity index (χ0) is 24.9. The van der Waals surface area contributed by atoms with E-state index in [1.807, 2.05) is 6.92 Å². The molecule has 0 aliphatic carbocycles. The molecule has 184 valence electrons. The number of carbonyl (C=O) groups is 1. The molecule has 1 aromatic carbocycles. The van der Waals surface area contributed by atoms with E-state index in [9.17, 15) is 14.4 Å². The number of nitrogens with one attached hydrogen (secondary N) is 2. The Morgan fingerprint density at radius 1 is 1.09 bits per heavy atom. The number of benzene rings is 1. The van der Waals surface area contributed by atoms with Crippen molar-refractivity contribution in [2.45, 2.75) is 59.0 Å². The Morgan fingerprint density at radius 3 is 2.54 bits per heavy atom. The fraction of sp³-hybridized carbons (Fsp3) is 0.391. The number of hydrogen-bond acceptors (Lipinski definition) is 7. The van der Waals surface area contributed by atoms with Crippen molar-refractivity contribution in [3.63, 3.8) is 0 Å². The van der Waals surface area contributed by atoms with Crippen LogP contribution >= 0.6 is 11.6 Å². The van der Waals surface area contributed by atoms with Gasteiger partial charge in [0.05, 0.1) is 0 Å². The van der Waals surface area contributed by atoms with Crippen LogP contribution in [0.3, 0.4) is 0 Å². The lowest BCUT2D eigenvalue weighted by molar-refractivity contribution is -0.114. The van der Waals surface area contributed by atoms with E-state index in [2.05, 4.69) is 25.4 Å². The first kappa shape index (κ1) is 24.4. The largest absolute Gasteiger partial charge is 0.334 e. The quantitative estimate of drug-likeness (QED) is 0.251. The number of imidazole rings is 1. The molecule has 0 saturated carbocycles. The molecule has 4 aromatic rings. The number of aryl methyl sites for hydroxylation is 2. The number of nitrogens with zero attached hydrogens (tertiary/aromatic N) is 5. The number of anilines is 1. The standard InChI is InChI=1S/C23H26ClN7O4/c1-3-4-12-30-19-18(27-22(24)28-19)21(33)31(23(30)34)13-6-5-7-17-26-20(35-29-17)15-8-10-16(11-9-15)25-14(2)32/h8-11H,3-7,12-13H2,1-2H3,(H,25,32)(H,27,28). The topological polar surface area (TPSA) is 141 Å². The number of H-pyrrole nitrogens is 1. The lowest BCUT2D eigenvalue weighted by Gasteiger charge is -2.10. The number of halogens is 1. The van der Waals surface area contributed by atoms with E-state index in [-0.39, 0.29) is 28.9 Å². The number of hydrogen-bond donors (Lipinski definition) is 2. The highest BCUT2D eigenvalue weighted by molar-refractivity contribution is 6.29. The normalized spacial score (nSPS) is 11.3. The van der Waals surface area contributed by atoms with Crippen molar-refractivity contribution in [1.29, 1.82) is 0 Å². The summed E-state index contributed by atoms with van der Waals surface area (Å²) in [6, 6.07) is 7.09. The second kappa shape index (κ2) is 10.7. The number of rotatable bonds is 10. The molecule has 0 aliphatic heterocycles. The van der Waals surface area contributed by atoms with E-state index < -0.39 is 5.56 Å². The van der Waals surface area contributed by atoms with E-state index in [1.165, 1.54) is 16.1 Å². The first-order valence-electron chi connectivity index (χ1n) is 11.5. The Balaban J connectivity index is 1.41. The molecule has 0 bridgehead atoms. The molecule has 0 unspecified atom stereocenters. The van der Waals surface area contributed by atoms with Gasteiger partial charge in [-0.1, -0.05) is 18.5 Å². The highest BCUT2D eigenvalue weighted by atomic mass is 35.5. The van der Waals surface area contributed by atoms with Gasteiger partial charge < -0.3 is 14.8 Å². The molecule has 0 fully saturated rings. The van der Waals surface area contributed by atoms with Gasteiger partial charge in [0.2, 0.25) is 11.2 Å². The summed E-state index contributed by atoms with van der Waals surface area (Å²) in [5.41, 5.74) is 1.13. The van der Waals surface area contributed by atoms with Gasteiger partial charge in [-0.2, -0.15) is 9.97 Å². The van der Waals surface area contributed by atoms with Crippen LogP contribution < -0.4 is 16.6 Å². The monoisotopic (exact) mass is 499 g/mol. The summed E-state index contributed by atoms with van der Waals surface area (Å²) in [6.45, 7) is 4.19. The molecule has 35 heavy (non-hydrogen) atoms. The van der Waals surface area contributed by atoms with Gasteiger partial charge in [-0.3, -0.25) is 18.7 Å². The Kier molecular flexibility index (Phi) is 7.45. The minimum atomic E-state index is -0.429. The van der Waals surface area contributed by atoms with Crippen LogP contribution in [-0.4, -0.2) is 35.1 Å². The third kappa shape index (κ3) is 5.51. The Labute approximate surface area is 205 Å². The van der Waals surface area contributed by atoms with Crippen molar-refractivity contribution in [2.24, 2.45) is 0 Å². The highest BCUT2D eigenvalue weighted by Crippen LogP contribution is 2.20. The fourth-order valence-electron chi connectivity index (χ4n) is 3.78. The Morgan fingerprint density at radius 2 is 1.83 bits per heavy atom. The van der Waals surface area contributed by atoms with Crippen molar-refractivity contribution < 1.29 is 9.32 Å². The molecule has 11 nitrogen and oxygen atoms in total. The summed E-state index contributed by atoms with van der Waals surface area (Å²) >= 11 is 5.96. The van der Waals surface area contributed by atoms with Crippen molar-refractivity contribution >= 4 is 34.4 Å². The molecule has 0 saturated heterocycles. The van der Waals surface area contributed by atoms with Crippen molar-refractivity contribution in [2.75, 3.05) is 5.32 Å². The van der Waals surface area contributed by atoms with E-state index >= 15 is 0 Å². The third-order valence-corrected chi connectivity index (χ3v) is 5.70. The summed E-state index contributed by atoms with van der Waals surface area (Å²) in [5, 5.41) is 6.80. The average Bonchev–Trinajstić information content (AvgIpc) is 3.45. The minimum Gasteiger partial charge on any atom is -0.334 e. The van der Waals surface area contributed by atoms with E-state index in [4.69, 9.17) is 16.1 Å². The lowest BCUT2D eigenvalue weighted by Crippen LogP contribution is -2.40. The SMILES string of the molecule is CCCCn1c(=O)n(CCCCc2noc(-c3ccc(NC(C)=O)cc3)n2)c(=O)c2[nH]c(Cl)nc21. The summed E-state index contributed by atoms with van der Waals surface area (Å²) in [6.07, 6.45) is 3.45. The highest BCUT2D eigenvalue weighted by Gasteiger charge is 2.17. The van der Waals surface area contributed by atoms with Crippen LogP contribution in [0.4, 0.5) is 5.69 Å². The van der Waals surface area contributed by atoms with E-state index in [1.54, 1.807) is 24.3 Å². The predicted molar refractivity (Wildman–Crippen MR) is 132 cm³/mol. The molecule has 0 atom stereocenters. The molecule has 1 amide bonds.